The molecular formula is C20H30N4O2. The van der Waals surface area contributed by atoms with Crippen LogP contribution in [-0.4, -0.2) is 48.8 Å². The number of ether oxygens (including phenoxy) is 1. The number of hydrogen-bond acceptors (Lipinski definition) is 4. The van der Waals surface area contributed by atoms with E-state index in [1.807, 2.05) is 6.07 Å². The number of rotatable bonds is 8. The summed E-state index contributed by atoms with van der Waals surface area (Å²) in [6, 6.07) is 8.29. The second-order valence-electron chi connectivity index (χ2n) is 6.97. The third-order valence-electron chi connectivity index (χ3n) is 4.98. The average molecular weight is 358 g/mol. The minimum Gasteiger partial charge on any atom is -0.385 e. The zero-order valence-corrected chi connectivity index (χ0v) is 15.9. The minimum absolute atomic E-state index is 0.0289. The Labute approximate surface area is 155 Å². The Hall–Kier alpha value is -2.08. The maximum Gasteiger partial charge on any atom is 0.224 e. The number of amides is 1. The van der Waals surface area contributed by atoms with Crippen molar-refractivity contribution in [2.75, 3.05) is 38.3 Å². The first-order valence-corrected chi connectivity index (χ1v) is 9.71. The lowest BCUT2D eigenvalue weighted by Gasteiger charge is -2.33. The van der Waals surface area contributed by atoms with Crippen LogP contribution < -0.4 is 10.2 Å². The van der Waals surface area contributed by atoms with Gasteiger partial charge in [-0.3, -0.25) is 4.79 Å². The van der Waals surface area contributed by atoms with Crippen molar-refractivity contribution in [3.63, 3.8) is 0 Å². The van der Waals surface area contributed by atoms with Crippen LogP contribution >= 0.6 is 0 Å². The van der Waals surface area contributed by atoms with Gasteiger partial charge in [-0.2, -0.15) is 0 Å². The molecule has 142 valence electrons. The molecule has 1 atom stereocenters. The first kappa shape index (κ1) is 18.7. The molecule has 0 spiro atoms. The van der Waals surface area contributed by atoms with Gasteiger partial charge in [-0.1, -0.05) is 19.1 Å². The summed E-state index contributed by atoms with van der Waals surface area (Å²) in [6.45, 7) is 6.19. The van der Waals surface area contributed by atoms with E-state index in [9.17, 15) is 4.79 Å². The fourth-order valence-electron chi connectivity index (χ4n) is 3.69. The number of benzene rings is 1. The van der Waals surface area contributed by atoms with Gasteiger partial charge in [0, 0.05) is 39.9 Å². The molecule has 1 fully saturated rings. The van der Waals surface area contributed by atoms with Gasteiger partial charge in [0.15, 0.2) is 0 Å². The van der Waals surface area contributed by atoms with Crippen molar-refractivity contribution in [2.24, 2.45) is 5.92 Å². The molecule has 0 aliphatic carbocycles. The van der Waals surface area contributed by atoms with E-state index in [1.54, 1.807) is 7.11 Å². The van der Waals surface area contributed by atoms with Crippen molar-refractivity contribution in [1.82, 2.24) is 14.9 Å². The number of fused-ring (bicyclic) bond motifs is 1. The van der Waals surface area contributed by atoms with Gasteiger partial charge < -0.3 is 19.5 Å². The second kappa shape index (κ2) is 9.03. The maximum absolute atomic E-state index is 12.5. The maximum atomic E-state index is 12.5. The summed E-state index contributed by atoms with van der Waals surface area (Å²) < 4.78 is 7.34. The van der Waals surface area contributed by atoms with Crippen molar-refractivity contribution in [3.05, 3.63) is 24.3 Å². The normalized spacial score (nSPS) is 17.6. The monoisotopic (exact) mass is 358 g/mol. The van der Waals surface area contributed by atoms with Crippen LogP contribution in [0.2, 0.25) is 0 Å². The number of aromatic nitrogens is 2. The summed E-state index contributed by atoms with van der Waals surface area (Å²) in [5, 5.41) is 3.05. The van der Waals surface area contributed by atoms with Crippen LogP contribution in [-0.2, 0) is 16.1 Å². The Bertz CT molecular complexity index is 728. The van der Waals surface area contributed by atoms with Crippen LogP contribution in [0.25, 0.3) is 11.0 Å². The van der Waals surface area contributed by atoms with E-state index >= 15 is 0 Å². The molecule has 1 N–H and O–H groups in total. The lowest BCUT2D eigenvalue weighted by Crippen LogP contribution is -2.44. The zero-order valence-electron chi connectivity index (χ0n) is 15.9. The van der Waals surface area contributed by atoms with E-state index in [0.717, 1.165) is 56.8 Å². The molecule has 1 aliphatic heterocycles. The molecule has 6 heteroatoms. The van der Waals surface area contributed by atoms with Gasteiger partial charge in [-0.25, -0.2) is 4.98 Å². The Kier molecular flexibility index (Phi) is 6.50. The first-order valence-electron chi connectivity index (χ1n) is 9.71. The molecule has 0 bridgehead atoms. The van der Waals surface area contributed by atoms with Gasteiger partial charge in [-0.15, -0.1) is 0 Å². The standard InChI is InChI=1S/C20H30N4O2/c1-3-12-24-18-10-5-4-9-17(18)22-20(24)23-13-6-8-16(15-23)19(25)21-11-7-14-26-2/h4-5,9-10,16H,3,6-8,11-15H2,1-2H3,(H,21,25)/t16-/m0/s1. The van der Waals surface area contributed by atoms with Gasteiger partial charge in [0.2, 0.25) is 11.9 Å². The van der Waals surface area contributed by atoms with E-state index in [0.29, 0.717) is 13.2 Å². The summed E-state index contributed by atoms with van der Waals surface area (Å²) in [5.41, 5.74) is 2.21. The van der Waals surface area contributed by atoms with Crippen LogP contribution in [0.5, 0.6) is 0 Å². The van der Waals surface area contributed by atoms with E-state index in [2.05, 4.69) is 39.9 Å². The zero-order chi connectivity index (χ0) is 18.4. The predicted octanol–water partition coefficient (Wildman–Crippen LogP) is 2.82. The Morgan fingerprint density at radius 1 is 1.38 bits per heavy atom. The van der Waals surface area contributed by atoms with E-state index in [1.165, 1.54) is 5.52 Å². The number of nitrogens with one attached hydrogen (secondary N) is 1. The number of methoxy groups -OCH3 is 1. The van der Waals surface area contributed by atoms with Crippen molar-refractivity contribution < 1.29 is 9.53 Å². The number of piperidine rings is 1. The van der Waals surface area contributed by atoms with Gasteiger partial charge in [-0.05, 0) is 37.8 Å². The quantitative estimate of drug-likeness (QED) is 0.737. The Morgan fingerprint density at radius 2 is 2.23 bits per heavy atom. The van der Waals surface area contributed by atoms with Crippen molar-refractivity contribution in [3.8, 4) is 0 Å². The van der Waals surface area contributed by atoms with Gasteiger partial charge in [0.25, 0.3) is 0 Å². The molecule has 1 aromatic carbocycles. The number of aryl methyl sites for hydroxylation is 1. The Balaban J connectivity index is 1.72. The number of anilines is 1. The highest BCUT2D eigenvalue weighted by molar-refractivity contribution is 5.81. The number of imidazole rings is 1. The first-order chi connectivity index (χ1) is 12.7. The highest BCUT2D eigenvalue weighted by Gasteiger charge is 2.28. The van der Waals surface area contributed by atoms with Crippen molar-refractivity contribution in [1.29, 1.82) is 0 Å². The number of para-hydroxylation sites is 2. The molecule has 1 aliphatic rings. The molecular weight excluding hydrogens is 328 g/mol. The molecule has 2 heterocycles. The number of carbonyl (C=O) groups excluding carboxylic acids is 1. The molecule has 2 aromatic rings. The topological polar surface area (TPSA) is 59.4 Å². The second-order valence-corrected chi connectivity index (χ2v) is 6.97. The van der Waals surface area contributed by atoms with Crippen LogP contribution in [0.15, 0.2) is 24.3 Å². The lowest BCUT2D eigenvalue weighted by atomic mass is 9.97. The SMILES string of the molecule is CCCn1c(N2CCC[C@H](C(=O)NCCCOC)C2)nc2ccccc21. The summed E-state index contributed by atoms with van der Waals surface area (Å²) in [4.78, 5) is 19.7. The molecule has 1 saturated heterocycles. The molecule has 6 nitrogen and oxygen atoms in total. The van der Waals surface area contributed by atoms with Crippen molar-refractivity contribution >= 4 is 22.9 Å². The summed E-state index contributed by atoms with van der Waals surface area (Å²) >= 11 is 0. The third kappa shape index (κ3) is 4.18. The van der Waals surface area contributed by atoms with E-state index in [4.69, 9.17) is 9.72 Å². The third-order valence-corrected chi connectivity index (χ3v) is 4.98. The van der Waals surface area contributed by atoms with Crippen LogP contribution in [0, 0.1) is 5.92 Å². The van der Waals surface area contributed by atoms with E-state index in [-0.39, 0.29) is 11.8 Å². The molecule has 1 amide bonds. The fraction of sp³-hybridized carbons (Fsp3) is 0.600. The molecule has 0 radical (unpaired) electrons. The molecule has 0 saturated carbocycles. The molecule has 3 rings (SSSR count). The largest absolute Gasteiger partial charge is 0.385 e. The lowest BCUT2D eigenvalue weighted by molar-refractivity contribution is -0.125. The van der Waals surface area contributed by atoms with Crippen LogP contribution in [0.3, 0.4) is 0 Å². The van der Waals surface area contributed by atoms with Crippen LogP contribution in [0.4, 0.5) is 5.95 Å². The molecule has 0 unspecified atom stereocenters. The van der Waals surface area contributed by atoms with E-state index < -0.39 is 0 Å². The molecule has 1 aromatic heterocycles. The van der Waals surface area contributed by atoms with Gasteiger partial charge in [0.1, 0.15) is 0 Å². The average Bonchev–Trinajstić information content (AvgIpc) is 3.04. The fourth-order valence-corrected chi connectivity index (χ4v) is 3.69. The predicted molar refractivity (Wildman–Crippen MR) is 104 cm³/mol. The minimum atomic E-state index is 0.0289. The summed E-state index contributed by atoms with van der Waals surface area (Å²) in [5.74, 6) is 1.19. The van der Waals surface area contributed by atoms with Gasteiger partial charge >= 0.3 is 0 Å². The number of nitrogens with zero attached hydrogens (tertiary/aromatic N) is 3. The number of carbonyl (C=O) groups is 1. The molecule has 26 heavy (non-hydrogen) atoms. The number of hydrogen-bond donors (Lipinski definition) is 1. The highest BCUT2D eigenvalue weighted by atomic mass is 16.5. The summed E-state index contributed by atoms with van der Waals surface area (Å²) in [7, 11) is 1.68. The Morgan fingerprint density at radius 3 is 3.04 bits per heavy atom. The highest BCUT2D eigenvalue weighted by Crippen LogP contribution is 2.27. The smallest absolute Gasteiger partial charge is 0.224 e. The van der Waals surface area contributed by atoms with Gasteiger partial charge in [0.05, 0.1) is 17.0 Å². The van der Waals surface area contributed by atoms with Crippen LogP contribution in [0.1, 0.15) is 32.6 Å². The summed E-state index contributed by atoms with van der Waals surface area (Å²) in [6.07, 6.45) is 3.88. The van der Waals surface area contributed by atoms with Crippen molar-refractivity contribution in [2.45, 2.75) is 39.2 Å².